The first kappa shape index (κ1) is 21.9. The molecule has 0 unspecified atom stereocenters. The fourth-order valence-corrected chi connectivity index (χ4v) is 4.29. The van der Waals surface area contributed by atoms with Crippen molar-refractivity contribution in [2.24, 2.45) is 7.05 Å². The number of benzene rings is 1. The van der Waals surface area contributed by atoms with E-state index in [9.17, 15) is 0 Å². The molecule has 3 heterocycles. The molecule has 0 bridgehead atoms. The standard InChI is InChI=1S/C23H35B2NO4/c1-20(2)21(3,4)28-24(27-20)19(25-29-22(5,6)23(7,8)30-25)14-16-15-26(9)18-13-11-10-12-17(16)18/h10-13,15,19H,14H2,1-9H3. The van der Waals surface area contributed by atoms with E-state index in [0.717, 1.165) is 6.42 Å². The zero-order chi connectivity index (χ0) is 22.1. The fourth-order valence-electron chi connectivity index (χ4n) is 4.29. The first-order valence-electron chi connectivity index (χ1n) is 11.0. The average Bonchev–Trinajstić information content (AvgIpc) is 3.12. The molecule has 5 nitrogen and oxygen atoms in total. The van der Waals surface area contributed by atoms with Gasteiger partial charge in [0.15, 0.2) is 0 Å². The molecule has 2 aliphatic heterocycles. The third-order valence-corrected chi connectivity index (χ3v) is 7.68. The van der Waals surface area contributed by atoms with Crippen molar-refractivity contribution < 1.29 is 18.6 Å². The van der Waals surface area contributed by atoms with E-state index in [-0.39, 0.29) is 5.72 Å². The minimum absolute atomic E-state index is 0.0992. The van der Waals surface area contributed by atoms with Gasteiger partial charge in [-0.15, -0.1) is 0 Å². The van der Waals surface area contributed by atoms with Crippen molar-refractivity contribution in [2.75, 3.05) is 0 Å². The molecule has 0 N–H and O–H groups in total. The molecule has 0 spiro atoms. The van der Waals surface area contributed by atoms with Gasteiger partial charge in [0.05, 0.1) is 22.4 Å². The molecule has 2 saturated heterocycles. The SMILES string of the molecule is Cn1cc(CC(B2OC(C)(C)C(C)(C)O2)B2OC(C)(C)C(C)(C)O2)c2ccccc21. The predicted molar refractivity (Wildman–Crippen MR) is 123 cm³/mol. The smallest absolute Gasteiger partial charge is 0.403 e. The highest BCUT2D eigenvalue weighted by Crippen LogP contribution is 2.46. The van der Waals surface area contributed by atoms with E-state index in [0.29, 0.717) is 0 Å². The van der Waals surface area contributed by atoms with Crippen LogP contribution in [0.25, 0.3) is 10.9 Å². The summed E-state index contributed by atoms with van der Waals surface area (Å²) in [6.07, 6.45) is 2.95. The maximum Gasteiger partial charge on any atom is 0.459 e. The Balaban J connectivity index is 1.71. The van der Waals surface area contributed by atoms with Crippen LogP contribution in [0.3, 0.4) is 0 Å². The van der Waals surface area contributed by atoms with Crippen LogP contribution in [0.15, 0.2) is 30.5 Å². The highest BCUT2D eigenvalue weighted by atomic mass is 16.7. The lowest BCUT2D eigenvalue weighted by Gasteiger charge is -2.32. The Morgan fingerprint density at radius 1 is 0.767 bits per heavy atom. The Hall–Kier alpha value is -1.27. The van der Waals surface area contributed by atoms with E-state index in [1.54, 1.807) is 0 Å². The second kappa shape index (κ2) is 6.86. The molecule has 7 heteroatoms. The number of hydrogen-bond donors (Lipinski definition) is 0. The topological polar surface area (TPSA) is 41.9 Å². The molecule has 0 atom stereocenters. The summed E-state index contributed by atoms with van der Waals surface area (Å²) in [5, 5.41) is 1.25. The molecule has 1 aromatic carbocycles. The number of para-hydroxylation sites is 1. The number of nitrogens with zero attached hydrogens (tertiary/aromatic N) is 1. The van der Waals surface area contributed by atoms with E-state index in [1.807, 2.05) is 0 Å². The molecule has 162 valence electrons. The molecule has 0 amide bonds. The van der Waals surface area contributed by atoms with Crippen LogP contribution in [0.5, 0.6) is 0 Å². The summed E-state index contributed by atoms with van der Waals surface area (Å²) in [7, 11) is 1.26. The molecule has 1 aromatic heterocycles. The monoisotopic (exact) mass is 411 g/mol. The number of hydrogen-bond acceptors (Lipinski definition) is 4. The zero-order valence-corrected chi connectivity index (χ0v) is 19.9. The quantitative estimate of drug-likeness (QED) is 0.678. The summed E-state index contributed by atoms with van der Waals surface area (Å²) < 4.78 is 28.1. The minimum atomic E-state index is -0.413. The number of rotatable bonds is 4. The third kappa shape index (κ3) is 3.44. The molecule has 4 rings (SSSR count). The largest absolute Gasteiger partial charge is 0.459 e. The van der Waals surface area contributed by atoms with E-state index in [2.05, 4.69) is 97.5 Å². The summed E-state index contributed by atoms with van der Waals surface area (Å²) in [5.74, 6) is 0. The molecular formula is C23H35B2NO4. The highest BCUT2D eigenvalue weighted by molar-refractivity contribution is 6.68. The van der Waals surface area contributed by atoms with Gasteiger partial charge in [0, 0.05) is 29.9 Å². The van der Waals surface area contributed by atoms with Gasteiger partial charge in [-0.3, -0.25) is 0 Å². The highest BCUT2D eigenvalue weighted by Gasteiger charge is 2.61. The molecule has 0 saturated carbocycles. The first-order valence-corrected chi connectivity index (χ1v) is 11.0. The maximum atomic E-state index is 6.48. The van der Waals surface area contributed by atoms with Crippen molar-refractivity contribution in [2.45, 2.75) is 89.9 Å². The van der Waals surface area contributed by atoms with E-state index in [4.69, 9.17) is 18.6 Å². The summed E-state index contributed by atoms with van der Waals surface area (Å²) in [6, 6.07) is 8.49. The molecule has 2 fully saturated rings. The van der Waals surface area contributed by atoms with Gasteiger partial charge in [0.25, 0.3) is 0 Å². The van der Waals surface area contributed by atoms with Crippen molar-refractivity contribution in [1.82, 2.24) is 4.57 Å². The number of aryl methyl sites for hydroxylation is 1. The second-order valence-electron chi connectivity index (χ2n) is 10.9. The molecular weight excluding hydrogens is 376 g/mol. The van der Waals surface area contributed by atoms with Crippen LogP contribution in [0.2, 0.25) is 5.72 Å². The van der Waals surface area contributed by atoms with E-state index in [1.165, 1.54) is 16.5 Å². The lowest BCUT2D eigenvalue weighted by molar-refractivity contribution is 0.00578. The van der Waals surface area contributed by atoms with Crippen LogP contribution in [0.1, 0.15) is 61.0 Å². The summed E-state index contributed by atoms with van der Waals surface area (Å²) in [6.45, 7) is 16.7. The Labute approximate surface area is 181 Å². The maximum absolute atomic E-state index is 6.48. The van der Waals surface area contributed by atoms with Gasteiger partial charge in [0.2, 0.25) is 0 Å². The molecule has 2 aromatic rings. The summed E-state index contributed by atoms with van der Waals surface area (Å²) in [4.78, 5) is 0. The van der Waals surface area contributed by atoms with Crippen molar-refractivity contribution in [3.05, 3.63) is 36.0 Å². The molecule has 0 radical (unpaired) electrons. The average molecular weight is 411 g/mol. The Morgan fingerprint density at radius 2 is 1.20 bits per heavy atom. The fraction of sp³-hybridized carbons (Fsp3) is 0.652. The van der Waals surface area contributed by atoms with Gasteiger partial charge in [-0.05, 0) is 73.4 Å². The molecule has 2 aliphatic rings. The van der Waals surface area contributed by atoms with Gasteiger partial charge in [0.1, 0.15) is 0 Å². The van der Waals surface area contributed by atoms with Crippen LogP contribution in [-0.2, 0) is 32.1 Å². The Bertz CT molecular complexity index is 882. The zero-order valence-electron chi connectivity index (χ0n) is 19.9. The van der Waals surface area contributed by atoms with Crippen molar-refractivity contribution in [3.63, 3.8) is 0 Å². The third-order valence-electron chi connectivity index (χ3n) is 7.68. The lowest BCUT2D eigenvalue weighted by Crippen LogP contribution is -2.41. The van der Waals surface area contributed by atoms with Crippen molar-refractivity contribution in [3.8, 4) is 0 Å². The van der Waals surface area contributed by atoms with Gasteiger partial charge in [-0.25, -0.2) is 0 Å². The minimum Gasteiger partial charge on any atom is -0.403 e. The molecule has 0 aliphatic carbocycles. The predicted octanol–water partition coefficient (Wildman–Crippen LogP) is 4.81. The normalized spacial score (nSPS) is 24.3. The van der Waals surface area contributed by atoms with Crippen LogP contribution in [0.4, 0.5) is 0 Å². The number of aromatic nitrogens is 1. The summed E-state index contributed by atoms with van der Waals surface area (Å²) in [5.41, 5.74) is 0.752. The lowest BCUT2D eigenvalue weighted by atomic mass is 9.49. The van der Waals surface area contributed by atoms with Crippen molar-refractivity contribution in [1.29, 1.82) is 0 Å². The van der Waals surface area contributed by atoms with Gasteiger partial charge < -0.3 is 23.2 Å². The first-order chi connectivity index (χ1) is 13.7. The van der Waals surface area contributed by atoms with Crippen molar-refractivity contribution >= 4 is 25.1 Å². The van der Waals surface area contributed by atoms with Crippen LogP contribution in [0, 0.1) is 0 Å². The van der Waals surface area contributed by atoms with Gasteiger partial charge in [-0.2, -0.15) is 0 Å². The van der Waals surface area contributed by atoms with Gasteiger partial charge in [-0.1, -0.05) is 18.2 Å². The summed E-state index contributed by atoms with van der Waals surface area (Å²) >= 11 is 0. The number of fused-ring (bicyclic) bond motifs is 1. The van der Waals surface area contributed by atoms with Crippen LogP contribution in [-0.4, -0.2) is 41.2 Å². The van der Waals surface area contributed by atoms with Gasteiger partial charge >= 0.3 is 14.2 Å². The van der Waals surface area contributed by atoms with Crippen LogP contribution < -0.4 is 0 Å². The Morgan fingerprint density at radius 3 is 1.67 bits per heavy atom. The second-order valence-corrected chi connectivity index (χ2v) is 10.9. The van der Waals surface area contributed by atoms with E-state index >= 15 is 0 Å². The Kier molecular flexibility index (Phi) is 5.02. The van der Waals surface area contributed by atoms with E-state index < -0.39 is 36.6 Å². The van der Waals surface area contributed by atoms with Crippen LogP contribution >= 0.6 is 0 Å². The molecule has 30 heavy (non-hydrogen) atoms.